The van der Waals surface area contributed by atoms with Gasteiger partial charge in [-0.15, -0.1) is 5.10 Å². The van der Waals surface area contributed by atoms with Crippen molar-refractivity contribution in [2.75, 3.05) is 24.2 Å². The molecule has 0 amide bonds. The van der Waals surface area contributed by atoms with E-state index in [1.807, 2.05) is 0 Å². The Hall–Kier alpha value is -2.38. The van der Waals surface area contributed by atoms with Gasteiger partial charge in [-0.25, -0.2) is 19.0 Å². The summed E-state index contributed by atoms with van der Waals surface area (Å²) in [4.78, 5) is 8.23. The lowest BCUT2D eigenvalue weighted by atomic mass is 10.1. The number of ether oxygens (including phenoxy) is 1. The number of nitrogens with zero attached hydrogens (tertiary/aromatic N) is 5. The van der Waals surface area contributed by atoms with Crippen LogP contribution in [0.3, 0.4) is 0 Å². The van der Waals surface area contributed by atoms with Gasteiger partial charge in [-0.1, -0.05) is 36.0 Å². The molecule has 36 heavy (non-hydrogen) atoms. The largest absolute Gasteiger partial charge is 0.394 e. The molecule has 0 spiro atoms. The van der Waals surface area contributed by atoms with Gasteiger partial charge in [-0.3, -0.25) is 0 Å². The fraction of sp³-hybridized carbons (Fsp3) is 0.583. The van der Waals surface area contributed by atoms with Crippen molar-refractivity contribution in [2.45, 2.75) is 74.4 Å². The fourth-order valence-corrected chi connectivity index (χ4v) is 3.80. The Morgan fingerprint density at radius 2 is 2.22 bits per heavy atom. The second-order valence-electron chi connectivity index (χ2n) is 7.52. The minimum Gasteiger partial charge on any atom is -0.394 e. The van der Waals surface area contributed by atoms with Crippen LogP contribution in [0.5, 0.6) is 0 Å². The average molecular weight is 534 g/mol. The van der Waals surface area contributed by atoms with Crippen LogP contribution in [0.25, 0.3) is 11.2 Å². The molecule has 2 aromatic heterocycles. The number of thioether (sulfide) groups is 1. The van der Waals surface area contributed by atoms with Crippen molar-refractivity contribution in [3.05, 3.63) is 35.1 Å². The van der Waals surface area contributed by atoms with Gasteiger partial charge in [0.15, 0.2) is 22.1 Å². The molecule has 1 aromatic carbocycles. The number of aliphatic hydroxyl groups is 3. The third-order valence-corrected chi connectivity index (χ3v) is 5.88. The van der Waals surface area contributed by atoms with Gasteiger partial charge in [0, 0.05) is 30.8 Å². The van der Waals surface area contributed by atoms with Gasteiger partial charge in [0.25, 0.3) is 0 Å². The first-order valence-electron chi connectivity index (χ1n) is 18.1. The number of rotatable bonds is 10. The number of anilines is 1. The number of hydrogen-bond donors (Lipinski definition) is 4. The molecule has 3 aromatic rings. The van der Waals surface area contributed by atoms with Crippen molar-refractivity contribution < 1.29 is 45.0 Å². The monoisotopic (exact) mass is 533 g/mol. The molecular weight excluding hydrogens is 487 g/mol. The first-order valence-corrected chi connectivity index (χ1v) is 11.4. The Morgan fingerprint density at radius 3 is 3.00 bits per heavy atom. The maximum atomic E-state index is 14.8. The van der Waals surface area contributed by atoms with Crippen LogP contribution in [0.1, 0.15) is 69.7 Å². The highest BCUT2D eigenvalue weighted by Gasteiger charge is 2.45. The molecule has 194 valence electrons. The molecule has 0 saturated heterocycles. The Balaban J connectivity index is 1.71. The minimum atomic E-state index is -4.14. The number of benzene rings is 1. The lowest BCUT2D eigenvalue weighted by molar-refractivity contribution is -0.0629. The van der Waals surface area contributed by atoms with Crippen molar-refractivity contribution in [2.24, 2.45) is 0 Å². The highest BCUT2D eigenvalue weighted by Crippen LogP contribution is 2.44. The van der Waals surface area contributed by atoms with E-state index in [2.05, 4.69) is 25.6 Å². The molecule has 5 rings (SSSR count). The predicted octanol–water partition coefficient (Wildman–Crippen LogP) is 2.18. The quantitative estimate of drug-likeness (QED) is 0.227. The molecule has 6 atom stereocenters. The number of fused-ring (bicyclic) bond motifs is 1. The normalized spacial score (nSPS) is 48.1. The zero-order valence-electron chi connectivity index (χ0n) is 33.9. The summed E-state index contributed by atoms with van der Waals surface area (Å²) in [6.07, 6.45) is -16.8. The van der Waals surface area contributed by atoms with E-state index in [0.717, 1.165) is 0 Å². The topological polar surface area (TPSA) is 138 Å². The first-order chi connectivity index (χ1) is 22.9. The Morgan fingerprint density at radius 1 is 1.39 bits per heavy atom. The summed E-state index contributed by atoms with van der Waals surface area (Å²) in [6.45, 7) is -2.20. The van der Waals surface area contributed by atoms with Crippen molar-refractivity contribution in [1.82, 2.24) is 25.0 Å². The molecule has 0 unspecified atom stereocenters. The van der Waals surface area contributed by atoms with E-state index < -0.39 is 119 Å². The van der Waals surface area contributed by atoms with Crippen LogP contribution < -0.4 is 5.32 Å². The third kappa shape index (κ3) is 4.92. The van der Waals surface area contributed by atoms with Crippen LogP contribution in [0.2, 0.25) is 0 Å². The molecule has 2 aliphatic rings. The fourth-order valence-electron chi connectivity index (χ4n) is 3.25. The first kappa shape index (κ1) is 12.9. The Kier molecular flexibility index (Phi) is 3.78. The molecule has 2 heterocycles. The standard InChI is InChI=1S/C24H31FN6O4S/c1-3-8-36-24-27-22(26-16-10-14(16)13-5-4-12(2)15(25)9-13)19-23(28-24)31(30-29-19)17-11-18(35-7-6-32)21(34)20(17)33/h4-5,9,14,16-18,20-21,32-34H,3,6-8,10-11H2,1-2H3,(H,26,27,28)/t14-,16+,17+,18-,20-,21+/m0/s1/i4D,5D,6D2,8D2,9D,11D2,14D,16D,17D,18D,20D,21D. The second kappa shape index (κ2) is 10.5. The zero-order chi connectivity index (χ0) is 38.9. The molecule has 10 nitrogen and oxygen atoms in total. The molecule has 0 radical (unpaired) electrons. The highest BCUT2D eigenvalue weighted by atomic mass is 32.2. The summed E-state index contributed by atoms with van der Waals surface area (Å²) in [6, 6.07) is -8.27. The average Bonchev–Trinajstić information content (AvgIpc) is 3.28. The van der Waals surface area contributed by atoms with Crippen molar-refractivity contribution in [3.8, 4) is 0 Å². The van der Waals surface area contributed by atoms with Crippen LogP contribution >= 0.6 is 11.8 Å². The van der Waals surface area contributed by atoms with Crippen molar-refractivity contribution >= 4 is 28.7 Å². The number of nitrogens with one attached hydrogen (secondary N) is 1. The van der Waals surface area contributed by atoms with Gasteiger partial charge >= 0.3 is 0 Å². The van der Waals surface area contributed by atoms with Gasteiger partial charge in [-0.05, 0) is 36.9 Å². The van der Waals surface area contributed by atoms with E-state index in [1.165, 1.54) is 13.8 Å². The van der Waals surface area contributed by atoms with Crippen LogP contribution in [-0.2, 0) is 4.74 Å². The van der Waals surface area contributed by atoms with Crippen LogP contribution in [0.15, 0.2) is 23.3 Å². The lowest BCUT2D eigenvalue weighted by Gasteiger charge is -2.17. The summed E-state index contributed by atoms with van der Waals surface area (Å²) in [5.41, 5.74) is -4.41. The van der Waals surface area contributed by atoms with Gasteiger partial charge in [0.2, 0.25) is 0 Å². The van der Waals surface area contributed by atoms with Crippen LogP contribution in [0, 0.1) is 12.7 Å². The van der Waals surface area contributed by atoms with E-state index >= 15 is 0 Å². The number of hydrogen-bond acceptors (Lipinski definition) is 10. The summed E-state index contributed by atoms with van der Waals surface area (Å²) in [5.74, 6) is -3.99. The van der Waals surface area contributed by atoms with Crippen LogP contribution in [0.4, 0.5) is 10.2 Å². The minimum absolute atomic E-state index is 0.0868. The number of aromatic nitrogens is 5. The molecule has 2 aliphatic carbocycles. The van der Waals surface area contributed by atoms with E-state index in [1.54, 1.807) is 0 Å². The molecule has 2 fully saturated rings. The molecule has 4 N–H and O–H groups in total. The van der Waals surface area contributed by atoms with Crippen molar-refractivity contribution in [3.63, 3.8) is 0 Å². The summed E-state index contributed by atoms with van der Waals surface area (Å²) < 4.78 is 145. The van der Waals surface area contributed by atoms with Gasteiger partial charge in [0.1, 0.15) is 18.0 Å². The maximum Gasteiger partial charge on any atom is 0.191 e. The molecule has 0 aliphatic heterocycles. The van der Waals surface area contributed by atoms with Gasteiger partial charge in [-0.2, -0.15) is 0 Å². The molecular formula is C24H31FN6O4S. The van der Waals surface area contributed by atoms with Crippen LogP contribution in [-0.4, -0.2) is 83.4 Å². The predicted molar refractivity (Wildman–Crippen MR) is 133 cm³/mol. The highest BCUT2D eigenvalue weighted by molar-refractivity contribution is 7.99. The van der Waals surface area contributed by atoms with E-state index in [9.17, 15) is 19.7 Å². The Labute approximate surface area is 233 Å². The molecule has 0 bridgehead atoms. The van der Waals surface area contributed by atoms with E-state index in [-0.39, 0.29) is 16.7 Å². The SMILES string of the molecule is [2H]c1c([2H])c([C@]2([2H])C[C@@]2([2H])Nc2nc(SC([2H])([2H])CC)nc3c2nnn3[C@]2([2H])C([2H])([2H])[C@]([2H])(OCC([2H])([2H])O)[C@@]([2H])(O)[C@@]2([2H])O)c([2H])c(F)c1C. The lowest BCUT2D eigenvalue weighted by Crippen LogP contribution is -2.33. The third-order valence-electron chi connectivity index (χ3n) is 5.08. The zero-order valence-corrected chi connectivity index (χ0v) is 19.7. The van der Waals surface area contributed by atoms with Crippen molar-refractivity contribution in [1.29, 1.82) is 0 Å². The molecule has 12 heteroatoms. The number of halogens is 1. The van der Waals surface area contributed by atoms with Gasteiger partial charge < -0.3 is 25.4 Å². The summed E-state index contributed by atoms with van der Waals surface area (Å²) in [7, 11) is 0. The molecule has 2 saturated carbocycles. The smallest absolute Gasteiger partial charge is 0.191 e. The maximum absolute atomic E-state index is 14.8. The summed E-state index contributed by atoms with van der Waals surface area (Å²) >= 11 is 0.370. The second-order valence-corrected chi connectivity index (χ2v) is 8.38. The van der Waals surface area contributed by atoms with Gasteiger partial charge in [0.05, 0.1) is 39.0 Å². The van der Waals surface area contributed by atoms with E-state index in [0.29, 0.717) is 11.8 Å². The Bertz CT molecular complexity index is 1910. The summed E-state index contributed by atoms with van der Waals surface area (Å²) in [5, 5.41) is 41.2. The van der Waals surface area contributed by atoms with E-state index in [4.69, 9.17) is 25.3 Å².